The second-order valence-corrected chi connectivity index (χ2v) is 14.2. The van der Waals surface area contributed by atoms with E-state index in [1.807, 2.05) is 0 Å². The number of ketones is 2. The zero-order chi connectivity index (χ0) is 36.6. The summed E-state index contributed by atoms with van der Waals surface area (Å²) in [7, 11) is -15.7. The number of anilines is 3. The summed E-state index contributed by atoms with van der Waals surface area (Å²) in [6, 6.07) is 10.2. The van der Waals surface area contributed by atoms with Gasteiger partial charge in [0, 0.05) is 11.8 Å². The minimum Gasteiger partial charge on any atom is -0.744 e. The van der Waals surface area contributed by atoms with Gasteiger partial charge in [0.1, 0.15) is 47.5 Å². The fourth-order valence-corrected chi connectivity index (χ4v) is 6.14. The van der Waals surface area contributed by atoms with Gasteiger partial charge in [0.15, 0.2) is 0 Å². The number of carbonyl (C=O) groups excluding carboxylic acids is 2. The number of nitrogens with two attached hydrogens (primary N) is 2. The molecule has 0 spiro atoms. The first-order valence-corrected chi connectivity index (χ1v) is 17.6. The number of nitrogens with zero attached hydrogens (tertiary/aromatic N) is 4. The van der Waals surface area contributed by atoms with Crippen LogP contribution in [0.1, 0.15) is 15.9 Å². The third-order valence-corrected chi connectivity index (χ3v) is 9.25. The topological polar surface area (TPSA) is 331 Å². The van der Waals surface area contributed by atoms with Crippen LogP contribution >= 0.6 is 0 Å². The monoisotopic (exact) mass is 808 g/mol. The Labute approximate surface area is 368 Å². The van der Waals surface area contributed by atoms with Crippen molar-refractivity contribution in [1.82, 2.24) is 0 Å². The van der Waals surface area contributed by atoms with E-state index in [0.717, 1.165) is 24.3 Å². The van der Waals surface area contributed by atoms with Crippen molar-refractivity contribution >= 4 is 87.9 Å². The van der Waals surface area contributed by atoms with Crippen molar-refractivity contribution in [3.63, 3.8) is 0 Å². The number of hydrogen-bond donors (Lipinski definition) is 4. The maximum absolute atomic E-state index is 13.6. The molecule has 0 amide bonds. The SMILES string of the molecule is NC1=CC(=O)/C(=N/Nc2ccc(N=Nc3c(S(=O)(=O)[O-])cc4c(c3N)C(=O)/C(=N\Nc3ccc(S(=O)(=O)[O-])cc3)C(S(=O)(=O)[O-])=C4)cc2)C=C1.[Na+].[Na+].[Na+]. The van der Waals surface area contributed by atoms with E-state index >= 15 is 0 Å². The number of benzene rings is 3. The number of allylic oxidation sites excluding steroid dienone is 4. The van der Waals surface area contributed by atoms with Crippen LogP contribution < -0.4 is 111 Å². The summed E-state index contributed by atoms with van der Waals surface area (Å²) in [4.78, 5) is 22.6. The van der Waals surface area contributed by atoms with E-state index in [1.165, 1.54) is 42.5 Å². The predicted molar refractivity (Wildman–Crippen MR) is 174 cm³/mol. The largest absolute Gasteiger partial charge is 1.00 e. The number of hydrogen-bond acceptors (Lipinski definition) is 19. The minimum atomic E-state index is -5.47. The zero-order valence-electron chi connectivity index (χ0n) is 27.7. The van der Waals surface area contributed by atoms with E-state index in [4.69, 9.17) is 11.5 Å². The van der Waals surface area contributed by atoms with Gasteiger partial charge >= 0.3 is 88.7 Å². The van der Waals surface area contributed by atoms with Gasteiger partial charge in [-0.05, 0) is 78.4 Å². The molecule has 0 aromatic heterocycles. The maximum Gasteiger partial charge on any atom is 1.00 e. The quantitative estimate of drug-likeness (QED) is 0.0390. The van der Waals surface area contributed by atoms with Crippen molar-refractivity contribution in [3.8, 4) is 0 Å². The molecule has 3 aromatic carbocycles. The van der Waals surface area contributed by atoms with E-state index in [0.29, 0.717) is 17.8 Å². The number of rotatable bonds is 9. The molecule has 0 aliphatic heterocycles. The molecule has 0 radical (unpaired) electrons. The van der Waals surface area contributed by atoms with Gasteiger partial charge in [0.2, 0.25) is 11.6 Å². The van der Waals surface area contributed by atoms with Crippen molar-refractivity contribution < 1.29 is 137 Å². The van der Waals surface area contributed by atoms with Gasteiger partial charge in [-0.2, -0.15) is 15.3 Å². The Bertz CT molecular complexity index is 2500. The van der Waals surface area contributed by atoms with E-state index in [9.17, 15) is 48.5 Å². The second-order valence-electron chi connectivity index (χ2n) is 10.1. The molecule has 0 bridgehead atoms. The van der Waals surface area contributed by atoms with Gasteiger partial charge in [0.25, 0.3) is 0 Å². The predicted octanol–water partition coefficient (Wildman–Crippen LogP) is -7.20. The van der Waals surface area contributed by atoms with Crippen LogP contribution in [0.4, 0.5) is 28.4 Å². The van der Waals surface area contributed by atoms with E-state index in [2.05, 4.69) is 31.3 Å². The number of carbonyl (C=O) groups is 2. The van der Waals surface area contributed by atoms with Crippen molar-refractivity contribution in [1.29, 1.82) is 0 Å². The summed E-state index contributed by atoms with van der Waals surface area (Å²) in [5.41, 5.74) is 13.8. The van der Waals surface area contributed by atoms with Crippen molar-refractivity contribution in [2.75, 3.05) is 16.6 Å². The Hall–Kier alpha value is -2.91. The molecule has 0 saturated heterocycles. The number of nitrogens with one attached hydrogen (secondary N) is 2. The molecular weight excluding hydrogens is 790 g/mol. The summed E-state index contributed by atoms with van der Waals surface area (Å²) in [5, 5.41) is 15.3. The Morgan fingerprint density at radius 3 is 1.75 bits per heavy atom. The average Bonchev–Trinajstić information content (AvgIpc) is 3.02. The number of azo groups is 1. The average molecular weight is 809 g/mol. The Morgan fingerprint density at radius 2 is 1.23 bits per heavy atom. The molecule has 2 aliphatic rings. The number of nitrogen functional groups attached to an aromatic ring is 1. The third kappa shape index (κ3) is 11.1. The zero-order valence-corrected chi connectivity index (χ0v) is 36.1. The van der Waals surface area contributed by atoms with Crippen LogP contribution in [0.3, 0.4) is 0 Å². The van der Waals surface area contributed by atoms with Gasteiger partial charge in [0.05, 0.1) is 43.0 Å². The van der Waals surface area contributed by atoms with Crippen LogP contribution in [0.2, 0.25) is 0 Å². The molecule has 2 aliphatic carbocycles. The first kappa shape index (κ1) is 46.2. The molecule has 3 aromatic rings. The van der Waals surface area contributed by atoms with Crippen LogP contribution in [0.5, 0.6) is 0 Å². The summed E-state index contributed by atoms with van der Waals surface area (Å²) in [5.74, 6) is -1.72. The molecule has 0 atom stereocenters. The molecule has 6 N–H and O–H groups in total. The maximum atomic E-state index is 13.6. The minimum absolute atomic E-state index is 0. The first-order valence-electron chi connectivity index (χ1n) is 13.4. The van der Waals surface area contributed by atoms with E-state index < -0.39 is 84.8 Å². The molecule has 0 fully saturated rings. The van der Waals surface area contributed by atoms with E-state index in [1.54, 1.807) is 0 Å². The summed E-state index contributed by atoms with van der Waals surface area (Å²) in [6.45, 7) is 0. The molecule has 53 heavy (non-hydrogen) atoms. The van der Waals surface area contributed by atoms with Crippen molar-refractivity contribution in [2.45, 2.75) is 9.79 Å². The van der Waals surface area contributed by atoms with Crippen molar-refractivity contribution in [3.05, 3.63) is 94.6 Å². The van der Waals surface area contributed by atoms with Gasteiger partial charge in [-0.1, -0.05) is 0 Å². The Kier molecular flexibility index (Phi) is 15.8. The van der Waals surface area contributed by atoms with Crippen LogP contribution in [-0.2, 0) is 35.1 Å². The normalized spacial score (nSPS) is 15.8. The van der Waals surface area contributed by atoms with Gasteiger partial charge in [-0.3, -0.25) is 20.4 Å². The Balaban J connectivity index is 0.00000324. The third-order valence-electron chi connectivity index (χ3n) is 6.70. The molecule has 5 rings (SSSR count). The fourth-order valence-electron chi connectivity index (χ4n) is 4.36. The fraction of sp³-hybridized carbons (Fsp3) is 0. The molecular formula is C28H19N8Na3O11S3. The summed E-state index contributed by atoms with van der Waals surface area (Å²) < 4.78 is 107. The molecule has 0 unspecified atom stereocenters. The van der Waals surface area contributed by atoms with Gasteiger partial charge < -0.3 is 25.1 Å². The second kappa shape index (κ2) is 18.1. The number of hydrazone groups is 2. The van der Waals surface area contributed by atoms with Gasteiger partial charge in [-0.15, -0.1) is 5.11 Å². The summed E-state index contributed by atoms with van der Waals surface area (Å²) in [6.07, 6.45) is 4.69. The van der Waals surface area contributed by atoms with Crippen LogP contribution in [0.25, 0.3) is 6.08 Å². The number of fused-ring (bicyclic) bond motifs is 1. The van der Waals surface area contributed by atoms with Gasteiger partial charge in [-0.25, -0.2) is 25.3 Å². The smallest absolute Gasteiger partial charge is 0.744 e. The molecule has 25 heteroatoms. The standard InChI is InChI=1S/C28H22N8O11S3.3Na/c29-15-1-10-20(21(37)13-15)34-31-16-2-4-17(5-3-16)32-35-26-22(49(42,43)44)11-14-12-23(50(45,46)47)27(28(38)24(14)25(26)30)36-33-18-6-8-19(9-7-18)48(39,40)41;;;/h1-13,31,33H,29-30H2,(H,39,40,41)(H,42,43,44)(H,45,46,47);;;/q;3*+1/p-3/b34-20+,35-32?,36-27-;;;. The van der Waals surface area contributed by atoms with Crippen LogP contribution in [0.15, 0.2) is 114 Å². The van der Waals surface area contributed by atoms with Crippen LogP contribution in [-0.4, -0.2) is 61.9 Å². The Morgan fingerprint density at radius 1 is 0.660 bits per heavy atom. The molecule has 258 valence electrons. The summed E-state index contributed by atoms with van der Waals surface area (Å²) >= 11 is 0. The number of Topliss-reactive ketones (excluding diaryl/α,β-unsaturated/α-hetero) is 1. The molecule has 0 saturated carbocycles. The van der Waals surface area contributed by atoms with E-state index in [-0.39, 0.29) is 111 Å². The molecule has 19 nitrogen and oxygen atoms in total. The van der Waals surface area contributed by atoms with Crippen molar-refractivity contribution in [2.24, 2.45) is 26.2 Å². The first-order chi connectivity index (χ1) is 23.3. The molecule has 0 heterocycles. The van der Waals surface area contributed by atoms with Crippen LogP contribution in [0, 0.1) is 0 Å².